The molecule has 0 radical (unpaired) electrons. The summed E-state index contributed by atoms with van der Waals surface area (Å²) in [6.45, 7) is -0.0697. The zero-order valence-corrected chi connectivity index (χ0v) is 19.8. The largest absolute Gasteiger partial charge is 0.492 e. The number of carbonyl (C=O) groups is 1. The zero-order chi connectivity index (χ0) is 24.0. The Bertz CT molecular complexity index is 1340. The molecule has 0 fully saturated rings. The van der Waals surface area contributed by atoms with E-state index in [-0.39, 0.29) is 18.9 Å². The third-order valence-electron chi connectivity index (χ3n) is 5.31. The lowest BCUT2D eigenvalue weighted by Crippen LogP contribution is -2.45. The van der Waals surface area contributed by atoms with E-state index in [1.807, 2.05) is 41.8 Å². The minimum absolute atomic E-state index is 0.0227. The molecule has 0 aliphatic heterocycles. The first-order valence-electron chi connectivity index (χ1n) is 10.6. The summed E-state index contributed by atoms with van der Waals surface area (Å²) in [6, 6.07) is 23.7. The van der Waals surface area contributed by atoms with Gasteiger partial charge in [-0.1, -0.05) is 54.6 Å². The van der Waals surface area contributed by atoms with E-state index in [9.17, 15) is 18.4 Å². The van der Waals surface area contributed by atoms with E-state index in [0.29, 0.717) is 16.9 Å². The van der Waals surface area contributed by atoms with Crippen LogP contribution in [0, 0.1) is 0 Å². The lowest BCUT2D eigenvalue weighted by Gasteiger charge is -2.29. The number of fused-ring (bicyclic) bond motifs is 1. The first-order chi connectivity index (χ1) is 16.5. The van der Waals surface area contributed by atoms with Crippen molar-refractivity contribution in [3.63, 3.8) is 0 Å². The van der Waals surface area contributed by atoms with Crippen LogP contribution in [0.25, 0.3) is 10.1 Å². The predicted octanol–water partition coefficient (Wildman–Crippen LogP) is 4.36. The van der Waals surface area contributed by atoms with Gasteiger partial charge in [0.25, 0.3) is 5.91 Å². The quantitative estimate of drug-likeness (QED) is 0.251. The van der Waals surface area contributed by atoms with Crippen LogP contribution in [0.15, 0.2) is 90.3 Å². The van der Waals surface area contributed by atoms with Crippen molar-refractivity contribution in [2.75, 3.05) is 13.2 Å². The number of hydrogen-bond donors (Lipinski definition) is 2. The molecular weight excluding hydrogens is 472 g/mol. The Labute approximate surface area is 202 Å². The molecule has 0 aliphatic rings. The monoisotopic (exact) mass is 496 g/mol. The van der Waals surface area contributed by atoms with E-state index in [4.69, 9.17) is 4.74 Å². The van der Waals surface area contributed by atoms with Crippen molar-refractivity contribution in [2.24, 2.45) is 0 Å². The third-order valence-corrected chi connectivity index (χ3v) is 8.01. The molecule has 1 amide bonds. The number of benzene rings is 3. The van der Waals surface area contributed by atoms with Crippen LogP contribution in [-0.4, -0.2) is 37.0 Å². The Morgan fingerprint density at radius 1 is 1.00 bits per heavy atom. The highest BCUT2D eigenvalue weighted by Crippen LogP contribution is 2.28. The number of carbonyl (C=O) groups excluding carboxylic acids is 1. The molecule has 0 unspecified atom stereocenters. The maximum atomic E-state index is 13.7. The van der Waals surface area contributed by atoms with Crippen LogP contribution in [-0.2, 0) is 20.6 Å². The van der Waals surface area contributed by atoms with Gasteiger partial charge in [0.1, 0.15) is 18.4 Å². The van der Waals surface area contributed by atoms with Crippen molar-refractivity contribution in [3.8, 4) is 5.75 Å². The van der Waals surface area contributed by atoms with Gasteiger partial charge in [-0.25, -0.2) is 13.9 Å². The smallest absolute Gasteiger partial charge is 0.266 e. The summed E-state index contributed by atoms with van der Waals surface area (Å²) in [4.78, 5) is 12.7. The SMILES string of the molecule is O=C(NO)[C@H](c1ccccc1)N(CCOc1ccccc1)S(=O)(=O)Cc1ccc2sccc2c1. The molecule has 7 nitrogen and oxygen atoms in total. The van der Waals surface area contributed by atoms with Gasteiger partial charge in [-0.2, -0.15) is 4.31 Å². The summed E-state index contributed by atoms with van der Waals surface area (Å²) in [5, 5.41) is 12.3. The number of sulfonamides is 1. The Balaban J connectivity index is 1.66. The molecule has 4 aromatic rings. The predicted molar refractivity (Wildman–Crippen MR) is 132 cm³/mol. The van der Waals surface area contributed by atoms with Crippen LogP contribution in [0.2, 0.25) is 0 Å². The van der Waals surface area contributed by atoms with Gasteiger partial charge in [-0.05, 0) is 52.2 Å². The van der Waals surface area contributed by atoms with Crippen LogP contribution in [0.1, 0.15) is 17.2 Å². The molecule has 4 rings (SSSR count). The summed E-state index contributed by atoms with van der Waals surface area (Å²) < 4.78 is 35.2. The Morgan fingerprint density at radius 2 is 1.71 bits per heavy atom. The summed E-state index contributed by atoms with van der Waals surface area (Å²) in [5.41, 5.74) is 2.67. The fourth-order valence-electron chi connectivity index (χ4n) is 3.74. The first-order valence-corrected chi connectivity index (χ1v) is 13.1. The Hall–Kier alpha value is -3.24. The second-order valence-electron chi connectivity index (χ2n) is 7.61. The van der Waals surface area contributed by atoms with E-state index in [2.05, 4.69) is 0 Å². The van der Waals surface area contributed by atoms with Gasteiger partial charge in [0.15, 0.2) is 0 Å². The summed E-state index contributed by atoms with van der Waals surface area (Å²) in [6.07, 6.45) is 0. The number of nitrogens with one attached hydrogen (secondary N) is 1. The standard InChI is InChI=1S/C25H24N2O5S2/c28-25(26-29)24(20-7-3-1-4-8-20)27(14-15-32-22-9-5-2-6-10-22)34(30,31)18-19-11-12-23-21(17-19)13-16-33-23/h1-13,16-17,24,29H,14-15,18H2,(H,26,28)/t24-/m0/s1. The molecule has 0 saturated heterocycles. The molecule has 34 heavy (non-hydrogen) atoms. The minimum Gasteiger partial charge on any atom is -0.492 e. The summed E-state index contributed by atoms with van der Waals surface area (Å²) in [7, 11) is -4.00. The van der Waals surface area contributed by atoms with Crippen LogP contribution in [0.5, 0.6) is 5.75 Å². The lowest BCUT2D eigenvalue weighted by atomic mass is 10.1. The third kappa shape index (κ3) is 5.63. The summed E-state index contributed by atoms with van der Waals surface area (Å²) >= 11 is 1.58. The maximum absolute atomic E-state index is 13.7. The Kier molecular flexibility index (Phi) is 7.59. The Morgan fingerprint density at radius 3 is 2.41 bits per heavy atom. The maximum Gasteiger partial charge on any atom is 0.266 e. The summed E-state index contributed by atoms with van der Waals surface area (Å²) in [5.74, 6) is -0.556. The van der Waals surface area contributed by atoms with Crippen LogP contribution in [0.3, 0.4) is 0 Å². The number of para-hydroxylation sites is 1. The van der Waals surface area contributed by atoms with Crippen molar-refractivity contribution >= 4 is 37.4 Å². The average Bonchev–Trinajstić information content (AvgIpc) is 3.32. The van der Waals surface area contributed by atoms with E-state index >= 15 is 0 Å². The molecule has 2 N–H and O–H groups in total. The van der Waals surface area contributed by atoms with Gasteiger partial charge in [0.05, 0.1) is 5.75 Å². The van der Waals surface area contributed by atoms with E-state index < -0.39 is 22.0 Å². The van der Waals surface area contributed by atoms with Crippen LogP contribution < -0.4 is 10.2 Å². The van der Waals surface area contributed by atoms with Crippen molar-refractivity contribution in [3.05, 3.63) is 101 Å². The average molecular weight is 497 g/mol. The second-order valence-corrected chi connectivity index (χ2v) is 10.5. The second kappa shape index (κ2) is 10.8. The number of hydrogen-bond acceptors (Lipinski definition) is 6. The zero-order valence-electron chi connectivity index (χ0n) is 18.2. The lowest BCUT2D eigenvalue weighted by molar-refractivity contribution is -0.133. The normalized spacial score (nSPS) is 12.5. The molecule has 176 valence electrons. The van der Waals surface area contributed by atoms with Crippen molar-refractivity contribution < 1.29 is 23.2 Å². The van der Waals surface area contributed by atoms with Gasteiger partial charge in [-0.15, -0.1) is 11.3 Å². The fraction of sp³-hybridized carbons (Fsp3) is 0.160. The van der Waals surface area contributed by atoms with E-state index in [1.54, 1.807) is 65.3 Å². The van der Waals surface area contributed by atoms with Gasteiger partial charge in [-0.3, -0.25) is 10.0 Å². The topological polar surface area (TPSA) is 95.9 Å². The van der Waals surface area contributed by atoms with Gasteiger partial charge < -0.3 is 4.74 Å². The van der Waals surface area contributed by atoms with E-state index in [1.165, 1.54) is 0 Å². The molecule has 9 heteroatoms. The number of nitrogens with zero attached hydrogens (tertiary/aromatic N) is 1. The van der Waals surface area contributed by atoms with Crippen molar-refractivity contribution in [2.45, 2.75) is 11.8 Å². The van der Waals surface area contributed by atoms with Crippen LogP contribution >= 0.6 is 11.3 Å². The highest BCUT2D eigenvalue weighted by Gasteiger charge is 2.36. The van der Waals surface area contributed by atoms with Gasteiger partial charge in [0, 0.05) is 11.2 Å². The number of thiophene rings is 1. The number of rotatable bonds is 10. The molecular formula is C25H24N2O5S2. The van der Waals surface area contributed by atoms with Crippen molar-refractivity contribution in [1.82, 2.24) is 9.79 Å². The number of amides is 1. The highest BCUT2D eigenvalue weighted by atomic mass is 32.2. The van der Waals surface area contributed by atoms with Gasteiger partial charge >= 0.3 is 0 Å². The molecule has 1 atom stereocenters. The molecule has 0 saturated carbocycles. The highest BCUT2D eigenvalue weighted by molar-refractivity contribution is 7.88. The fourth-order valence-corrected chi connectivity index (χ4v) is 6.17. The molecule has 0 aliphatic carbocycles. The van der Waals surface area contributed by atoms with Gasteiger partial charge in [0.2, 0.25) is 10.0 Å². The number of ether oxygens (including phenoxy) is 1. The van der Waals surface area contributed by atoms with E-state index in [0.717, 1.165) is 14.4 Å². The van der Waals surface area contributed by atoms with Crippen molar-refractivity contribution in [1.29, 1.82) is 0 Å². The molecule has 1 aromatic heterocycles. The van der Waals surface area contributed by atoms with Crippen LogP contribution in [0.4, 0.5) is 0 Å². The molecule has 0 spiro atoms. The minimum atomic E-state index is -4.00. The number of hydroxylamine groups is 1. The molecule has 1 heterocycles. The first kappa shape index (κ1) is 23.9. The molecule has 0 bridgehead atoms. The molecule has 3 aromatic carbocycles.